The van der Waals surface area contributed by atoms with Crippen molar-refractivity contribution < 1.29 is 8.42 Å². The van der Waals surface area contributed by atoms with Crippen LogP contribution in [0.15, 0.2) is 79.1 Å². The number of hydrogen-bond donors (Lipinski definition) is 1. The highest BCUT2D eigenvalue weighted by Crippen LogP contribution is 2.23. The normalized spacial score (nSPS) is 11.6. The Balaban J connectivity index is 1.54. The van der Waals surface area contributed by atoms with Crippen molar-refractivity contribution in [2.75, 3.05) is 4.72 Å². The lowest BCUT2D eigenvalue weighted by molar-refractivity contribution is 0.600. The van der Waals surface area contributed by atoms with Crippen molar-refractivity contribution >= 4 is 21.4 Å². The van der Waals surface area contributed by atoms with E-state index in [9.17, 15) is 8.42 Å². The zero-order valence-corrected chi connectivity index (χ0v) is 15.6. The maximum absolute atomic E-state index is 12.4. The number of nitrogens with one attached hydrogen (secondary N) is 1. The predicted molar refractivity (Wildman–Crippen MR) is 108 cm³/mol. The predicted octanol–water partition coefficient (Wildman–Crippen LogP) is 4.25. The van der Waals surface area contributed by atoms with Crippen LogP contribution in [-0.2, 0) is 15.8 Å². The summed E-state index contributed by atoms with van der Waals surface area (Å²) in [6, 6.07) is 20.4. The second kappa shape index (κ2) is 6.89. The number of hydrogen-bond acceptors (Lipinski definition) is 3. The van der Waals surface area contributed by atoms with Crippen LogP contribution in [0, 0.1) is 6.92 Å². The van der Waals surface area contributed by atoms with Crippen LogP contribution in [0.5, 0.6) is 0 Å². The van der Waals surface area contributed by atoms with E-state index in [0.717, 1.165) is 28.0 Å². The molecule has 0 spiro atoms. The minimum atomic E-state index is -3.46. The third-order valence-electron chi connectivity index (χ3n) is 4.33. The Bertz CT molecular complexity index is 1180. The van der Waals surface area contributed by atoms with Gasteiger partial charge in [-0.15, -0.1) is 0 Å². The van der Waals surface area contributed by atoms with E-state index < -0.39 is 10.0 Å². The van der Waals surface area contributed by atoms with Crippen molar-refractivity contribution in [2.45, 2.75) is 12.7 Å². The Morgan fingerprint density at radius 3 is 2.41 bits per heavy atom. The zero-order valence-electron chi connectivity index (χ0n) is 14.8. The number of anilines is 1. The van der Waals surface area contributed by atoms with Gasteiger partial charge in [-0.2, -0.15) is 0 Å². The molecule has 0 saturated heterocycles. The number of sulfonamides is 1. The van der Waals surface area contributed by atoms with Gasteiger partial charge in [-0.05, 0) is 36.2 Å². The summed E-state index contributed by atoms with van der Waals surface area (Å²) in [5.74, 6) is -0.0543. The number of imidazole rings is 1. The van der Waals surface area contributed by atoms with Gasteiger partial charge in [0.25, 0.3) is 0 Å². The molecule has 5 nitrogen and oxygen atoms in total. The molecule has 2 aromatic carbocycles. The summed E-state index contributed by atoms with van der Waals surface area (Å²) in [7, 11) is -3.46. The first-order chi connectivity index (χ1) is 13.0. The molecule has 27 heavy (non-hydrogen) atoms. The van der Waals surface area contributed by atoms with Crippen LogP contribution in [0.2, 0.25) is 0 Å². The Labute approximate surface area is 158 Å². The summed E-state index contributed by atoms with van der Waals surface area (Å²) >= 11 is 0. The second-order valence-corrected chi connectivity index (χ2v) is 8.19. The monoisotopic (exact) mass is 377 g/mol. The Morgan fingerprint density at radius 2 is 1.70 bits per heavy atom. The Morgan fingerprint density at radius 1 is 0.963 bits per heavy atom. The van der Waals surface area contributed by atoms with Gasteiger partial charge in [0, 0.05) is 23.6 Å². The number of aromatic nitrogens is 2. The molecule has 0 saturated carbocycles. The van der Waals surface area contributed by atoms with Gasteiger partial charge in [-0.3, -0.25) is 4.72 Å². The van der Waals surface area contributed by atoms with E-state index in [1.54, 1.807) is 24.3 Å². The molecule has 6 heteroatoms. The van der Waals surface area contributed by atoms with E-state index in [-0.39, 0.29) is 5.75 Å². The molecule has 0 fully saturated rings. The summed E-state index contributed by atoms with van der Waals surface area (Å²) in [4.78, 5) is 4.67. The van der Waals surface area contributed by atoms with Gasteiger partial charge in [-0.1, -0.05) is 48.5 Å². The van der Waals surface area contributed by atoms with Crippen molar-refractivity contribution in [3.8, 4) is 11.3 Å². The van der Waals surface area contributed by atoms with Crippen LogP contribution in [0.3, 0.4) is 0 Å². The first-order valence-corrected chi connectivity index (χ1v) is 10.2. The van der Waals surface area contributed by atoms with E-state index >= 15 is 0 Å². The average molecular weight is 377 g/mol. The highest BCUT2D eigenvalue weighted by atomic mass is 32.2. The highest BCUT2D eigenvalue weighted by Gasteiger charge is 2.12. The van der Waals surface area contributed by atoms with Crippen molar-refractivity contribution in [2.24, 2.45) is 0 Å². The van der Waals surface area contributed by atoms with Crippen molar-refractivity contribution in [3.05, 3.63) is 90.3 Å². The minimum Gasteiger partial charge on any atom is -0.306 e. The summed E-state index contributed by atoms with van der Waals surface area (Å²) in [6.45, 7) is 2.02. The maximum Gasteiger partial charge on any atom is 0.236 e. The number of pyridine rings is 1. The molecule has 0 unspecified atom stereocenters. The summed E-state index contributed by atoms with van der Waals surface area (Å²) in [5, 5.41) is 0. The SMILES string of the molecule is Cc1cccn2cc(-c3ccc(NS(=O)(=O)Cc4ccccc4)cc3)nc12. The maximum atomic E-state index is 12.4. The lowest BCUT2D eigenvalue weighted by Gasteiger charge is -2.08. The molecule has 0 aliphatic rings. The summed E-state index contributed by atoms with van der Waals surface area (Å²) < 4.78 is 29.3. The molecule has 4 aromatic rings. The van der Waals surface area contributed by atoms with Crippen molar-refractivity contribution in [1.29, 1.82) is 0 Å². The number of benzene rings is 2. The van der Waals surface area contributed by atoms with Gasteiger partial charge in [0.15, 0.2) is 0 Å². The minimum absolute atomic E-state index is 0.0543. The van der Waals surface area contributed by atoms with Gasteiger partial charge in [-0.25, -0.2) is 13.4 Å². The number of nitrogens with zero attached hydrogens (tertiary/aromatic N) is 2. The van der Waals surface area contributed by atoms with E-state index in [1.807, 2.05) is 66.2 Å². The van der Waals surface area contributed by atoms with Gasteiger partial charge in [0.1, 0.15) is 5.65 Å². The first kappa shape index (κ1) is 17.3. The molecule has 2 aromatic heterocycles. The quantitative estimate of drug-likeness (QED) is 0.565. The second-order valence-electron chi connectivity index (χ2n) is 6.47. The molecule has 0 atom stereocenters. The smallest absolute Gasteiger partial charge is 0.236 e. The lowest BCUT2D eigenvalue weighted by Crippen LogP contribution is -2.14. The third kappa shape index (κ3) is 3.85. The standard InChI is InChI=1S/C21H19N3O2S/c1-16-6-5-13-24-14-20(22-21(16)24)18-9-11-19(12-10-18)23-27(25,26)15-17-7-3-2-4-8-17/h2-14,23H,15H2,1H3. The molecule has 0 radical (unpaired) electrons. The van der Waals surface area contributed by atoms with Gasteiger partial charge in [0.2, 0.25) is 10.0 Å². The van der Waals surface area contributed by atoms with Gasteiger partial charge >= 0.3 is 0 Å². The third-order valence-corrected chi connectivity index (χ3v) is 5.59. The lowest BCUT2D eigenvalue weighted by atomic mass is 10.1. The summed E-state index contributed by atoms with van der Waals surface area (Å²) in [6.07, 6.45) is 3.93. The molecule has 0 amide bonds. The molecule has 136 valence electrons. The van der Waals surface area contributed by atoms with E-state index in [1.165, 1.54) is 0 Å². The largest absolute Gasteiger partial charge is 0.306 e. The molecule has 4 rings (SSSR count). The topological polar surface area (TPSA) is 63.5 Å². The number of rotatable bonds is 5. The summed E-state index contributed by atoms with van der Waals surface area (Å²) in [5.41, 5.74) is 5.09. The molecule has 1 N–H and O–H groups in total. The molecule has 0 aliphatic carbocycles. The fourth-order valence-corrected chi connectivity index (χ4v) is 4.21. The van der Waals surface area contributed by atoms with Crippen LogP contribution < -0.4 is 4.72 Å². The van der Waals surface area contributed by atoms with Crippen LogP contribution in [-0.4, -0.2) is 17.8 Å². The average Bonchev–Trinajstić information content (AvgIpc) is 3.08. The van der Waals surface area contributed by atoms with Crippen LogP contribution >= 0.6 is 0 Å². The Hall–Kier alpha value is -3.12. The number of aryl methyl sites for hydroxylation is 1. The molecule has 0 bridgehead atoms. The number of fused-ring (bicyclic) bond motifs is 1. The van der Waals surface area contributed by atoms with Gasteiger partial charge in [0.05, 0.1) is 11.4 Å². The Kier molecular flexibility index (Phi) is 4.41. The molecular formula is C21H19N3O2S. The molecule has 0 aliphatic heterocycles. The van der Waals surface area contributed by atoms with E-state index in [4.69, 9.17) is 0 Å². The fraction of sp³-hybridized carbons (Fsp3) is 0.0952. The molecular weight excluding hydrogens is 358 g/mol. The van der Waals surface area contributed by atoms with Crippen molar-refractivity contribution in [3.63, 3.8) is 0 Å². The van der Waals surface area contributed by atoms with E-state index in [2.05, 4.69) is 9.71 Å². The van der Waals surface area contributed by atoms with Crippen LogP contribution in [0.4, 0.5) is 5.69 Å². The van der Waals surface area contributed by atoms with Crippen molar-refractivity contribution in [1.82, 2.24) is 9.38 Å². The van der Waals surface area contributed by atoms with E-state index in [0.29, 0.717) is 5.69 Å². The first-order valence-electron chi connectivity index (χ1n) is 8.59. The zero-order chi connectivity index (χ0) is 18.9. The fourth-order valence-electron chi connectivity index (χ4n) is 3.01. The van der Waals surface area contributed by atoms with Crippen LogP contribution in [0.25, 0.3) is 16.9 Å². The molecule has 2 heterocycles. The van der Waals surface area contributed by atoms with Crippen LogP contribution in [0.1, 0.15) is 11.1 Å². The van der Waals surface area contributed by atoms with Gasteiger partial charge < -0.3 is 4.40 Å². The highest BCUT2D eigenvalue weighted by molar-refractivity contribution is 7.91.